The summed E-state index contributed by atoms with van der Waals surface area (Å²) < 4.78 is 30.0. The van der Waals surface area contributed by atoms with Crippen LogP contribution in [-0.4, -0.2) is 42.9 Å². The first kappa shape index (κ1) is 25.3. The topological polar surface area (TPSA) is 105 Å². The number of nitrogens with one attached hydrogen (secondary N) is 1. The fraction of sp³-hybridized carbons (Fsp3) is 0.360. The van der Waals surface area contributed by atoms with E-state index >= 15 is 0 Å². The van der Waals surface area contributed by atoms with Gasteiger partial charge in [-0.05, 0) is 87.6 Å². The Labute approximate surface area is 201 Å². The van der Waals surface area contributed by atoms with Gasteiger partial charge in [-0.2, -0.15) is 5.10 Å². The summed E-state index contributed by atoms with van der Waals surface area (Å²) >= 11 is 0. The van der Waals surface area contributed by atoms with Gasteiger partial charge in [-0.25, -0.2) is 13.2 Å². The molecule has 0 unspecified atom stereocenters. The molecule has 2 aromatic carbocycles. The highest BCUT2D eigenvalue weighted by molar-refractivity contribution is 7.92. The van der Waals surface area contributed by atoms with E-state index in [2.05, 4.69) is 9.82 Å². The SMILES string of the molecule is Cc1ccc(S(=O)(=O)Nc2ccc(N(C)CCCc3c(C)nn(C)c3C)c(C(=O)O)c2)cc1C. The number of carbonyl (C=O) groups is 1. The zero-order valence-electron chi connectivity index (χ0n) is 20.5. The lowest BCUT2D eigenvalue weighted by molar-refractivity contribution is 0.0697. The zero-order chi connectivity index (χ0) is 25.2. The predicted molar refractivity (Wildman–Crippen MR) is 134 cm³/mol. The third-order valence-electron chi connectivity index (χ3n) is 6.26. The van der Waals surface area contributed by atoms with Gasteiger partial charge in [-0.3, -0.25) is 9.40 Å². The molecule has 0 atom stereocenters. The van der Waals surface area contributed by atoms with E-state index < -0.39 is 16.0 Å². The van der Waals surface area contributed by atoms with Crippen LogP contribution in [-0.2, 0) is 23.5 Å². The predicted octanol–water partition coefficient (Wildman–Crippen LogP) is 4.22. The molecule has 9 heteroatoms. The summed E-state index contributed by atoms with van der Waals surface area (Å²) in [5.74, 6) is -1.12. The minimum atomic E-state index is -3.84. The lowest BCUT2D eigenvalue weighted by Gasteiger charge is -2.22. The standard InChI is InChI=1S/C25H32N4O4S/c1-16-9-11-21(14-17(16)2)34(32,33)27-20-10-12-24(23(15-20)25(30)31)28(5)13-7-8-22-18(3)26-29(6)19(22)4/h9-12,14-15,27H,7-8,13H2,1-6H3,(H,30,31). The quantitative estimate of drug-likeness (QED) is 0.471. The Morgan fingerprint density at radius 3 is 2.38 bits per heavy atom. The summed E-state index contributed by atoms with van der Waals surface area (Å²) in [6.07, 6.45) is 1.66. The van der Waals surface area contributed by atoms with E-state index in [1.807, 2.05) is 51.4 Å². The van der Waals surface area contributed by atoms with Crippen LogP contribution in [0.25, 0.3) is 0 Å². The molecule has 0 radical (unpaired) electrons. The molecule has 0 aliphatic rings. The molecule has 0 amide bonds. The van der Waals surface area contributed by atoms with E-state index in [-0.39, 0.29) is 16.1 Å². The molecule has 8 nitrogen and oxygen atoms in total. The van der Waals surface area contributed by atoms with Gasteiger partial charge in [-0.15, -0.1) is 0 Å². The Morgan fingerprint density at radius 2 is 1.79 bits per heavy atom. The Bertz CT molecular complexity index is 1330. The van der Waals surface area contributed by atoms with Gasteiger partial charge in [0.15, 0.2) is 0 Å². The molecule has 34 heavy (non-hydrogen) atoms. The van der Waals surface area contributed by atoms with Gasteiger partial charge < -0.3 is 10.0 Å². The fourth-order valence-corrected chi connectivity index (χ4v) is 5.13. The smallest absolute Gasteiger partial charge is 0.337 e. The molecule has 182 valence electrons. The first-order chi connectivity index (χ1) is 15.9. The van der Waals surface area contributed by atoms with Crippen molar-refractivity contribution in [2.75, 3.05) is 23.2 Å². The fourth-order valence-electron chi connectivity index (χ4n) is 3.99. The van der Waals surface area contributed by atoms with E-state index in [0.717, 1.165) is 35.4 Å². The number of anilines is 2. The molecule has 3 rings (SSSR count). The lowest BCUT2D eigenvalue weighted by Crippen LogP contribution is -2.22. The molecule has 0 spiro atoms. The molecule has 0 fully saturated rings. The number of aromatic nitrogens is 2. The van der Waals surface area contributed by atoms with Gasteiger partial charge in [0.2, 0.25) is 0 Å². The van der Waals surface area contributed by atoms with E-state index in [1.165, 1.54) is 17.7 Å². The summed E-state index contributed by atoms with van der Waals surface area (Å²) in [5, 5.41) is 14.2. The van der Waals surface area contributed by atoms with Crippen LogP contribution in [0.3, 0.4) is 0 Å². The molecule has 0 saturated heterocycles. The second kappa shape index (κ2) is 9.89. The number of carboxylic acids is 1. The molecule has 0 aliphatic carbocycles. The van der Waals surface area contributed by atoms with Crippen molar-refractivity contribution in [2.45, 2.75) is 45.4 Å². The van der Waals surface area contributed by atoms with Crippen molar-refractivity contribution < 1.29 is 18.3 Å². The maximum Gasteiger partial charge on any atom is 0.337 e. The van der Waals surface area contributed by atoms with Crippen LogP contribution in [0.5, 0.6) is 0 Å². The van der Waals surface area contributed by atoms with Gasteiger partial charge in [0, 0.05) is 32.0 Å². The van der Waals surface area contributed by atoms with Crippen LogP contribution in [0.4, 0.5) is 11.4 Å². The Kier molecular flexibility index (Phi) is 7.35. The Morgan fingerprint density at radius 1 is 1.09 bits per heavy atom. The van der Waals surface area contributed by atoms with Crippen molar-refractivity contribution in [3.63, 3.8) is 0 Å². The number of aryl methyl sites for hydroxylation is 4. The number of aromatic carboxylic acids is 1. The number of carboxylic acid groups (broad SMARTS) is 1. The highest BCUT2D eigenvalue weighted by Crippen LogP contribution is 2.26. The molecular weight excluding hydrogens is 452 g/mol. The molecular formula is C25H32N4O4S. The number of rotatable bonds is 9. The second-order valence-corrected chi connectivity index (χ2v) is 10.4. The number of hydrogen-bond acceptors (Lipinski definition) is 5. The average Bonchev–Trinajstić information content (AvgIpc) is 3.00. The average molecular weight is 485 g/mol. The second-order valence-electron chi connectivity index (χ2n) is 8.69. The van der Waals surface area contributed by atoms with Crippen molar-refractivity contribution in [1.82, 2.24) is 9.78 Å². The first-order valence-corrected chi connectivity index (χ1v) is 12.6. The monoisotopic (exact) mass is 484 g/mol. The Balaban J connectivity index is 1.76. The van der Waals surface area contributed by atoms with Gasteiger partial charge in [0.1, 0.15) is 0 Å². The van der Waals surface area contributed by atoms with Gasteiger partial charge >= 0.3 is 5.97 Å². The maximum atomic E-state index is 12.8. The number of hydrogen-bond donors (Lipinski definition) is 2. The van der Waals surface area contributed by atoms with E-state index in [1.54, 1.807) is 24.3 Å². The van der Waals surface area contributed by atoms with Crippen LogP contribution in [0.2, 0.25) is 0 Å². The van der Waals surface area contributed by atoms with Crippen LogP contribution in [0, 0.1) is 27.7 Å². The van der Waals surface area contributed by atoms with Gasteiger partial charge in [0.05, 0.1) is 21.8 Å². The van der Waals surface area contributed by atoms with Crippen LogP contribution in [0.15, 0.2) is 41.3 Å². The van der Waals surface area contributed by atoms with Crippen molar-refractivity contribution in [1.29, 1.82) is 0 Å². The van der Waals surface area contributed by atoms with E-state index in [4.69, 9.17) is 0 Å². The molecule has 3 aromatic rings. The van der Waals surface area contributed by atoms with Crippen molar-refractivity contribution >= 4 is 27.4 Å². The highest BCUT2D eigenvalue weighted by Gasteiger charge is 2.19. The first-order valence-electron chi connectivity index (χ1n) is 11.1. The summed E-state index contributed by atoms with van der Waals surface area (Å²) in [7, 11) is -0.0832. The van der Waals surface area contributed by atoms with Crippen molar-refractivity contribution in [3.8, 4) is 0 Å². The minimum Gasteiger partial charge on any atom is -0.478 e. The third-order valence-corrected chi connectivity index (χ3v) is 7.64. The molecule has 2 N–H and O–H groups in total. The molecule has 0 aliphatic heterocycles. The largest absolute Gasteiger partial charge is 0.478 e. The summed E-state index contributed by atoms with van der Waals surface area (Å²) in [5.41, 5.74) is 5.98. The molecule has 1 heterocycles. The highest BCUT2D eigenvalue weighted by atomic mass is 32.2. The van der Waals surface area contributed by atoms with Crippen molar-refractivity contribution in [2.24, 2.45) is 7.05 Å². The maximum absolute atomic E-state index is 12.8. The zero-order valence-corrected chi connectivity index (χ0v) is 21.3. The Hall–Kier alpha value is -3.33. The molecule has 0 saturated carbocycles. The van der Waals surface area contributed by atoms with Crippen LogP contribution >= 0.6 is 0 Å². The minimum absolute atomic E-state index is 0.0384. The number of nitrogens with zero attached hydrogens (tertiary/aromatic N) is 3. The number of benzene rings is 2. The lowest BCUT2D eigenvalue weighted by atomic mass is 10.1. The van der Waals surface area contributed by atoms with Crippen molar-refractivity contribution in [3.05, 3.63) is 70.0 Å². The third kappa shape index (κ3) is 5.41. The number of sulfonamides is 1. The van der Waals surface area contributed by atoms with E-state index in [0.29, 0.717) is 12.2 Å². The van der Waals surface area contributed by atoms with Crippen LogP contribution < -0.4 is 9.62 Å². The van der Waals surface area contributed by atoms with Gasteiger partial charge in [-0.1, -0.05) is 6.07 Å². The molecule has 0 bridgehead atoms. The normalized spacial score (nSPS) is 11.5. The summed E-state index contributed by atoms with van der Waals surface area (Å²) in [6.45, 7) is 8.43. The summed E-state index contributed by atoms with van der Waals surface area (Å²) in [4.78, 5) is 14.0. The van der Waals surface area contributed by atoms with Crippen LogP contribution in [0.1, 0.15) is 44.9 Å². The van der Waals surface area contributed by atoms with E-state index in [9.17, 15) is 18.3 Å². The van der Waals surface area contributed by atoms with Gasteiger partial charge in [0.25, 0.3) is 10.0 Å². The summed E-state index contributed by atoms with van der Waals surface area (Å²) in [6, 6.07) is 9.48. The molecule has 1 aromatic heterocycles.